The van der Waals surface area contributed by atoms with Gasteiger partial charge in [-0.1, -0.05) is 6.07 Å². The number of rotatable bonds is 1. The zero-order valence-corrected chi connectivity index (χ0v) is 13.2. The number of fused-ring (bicyclic) bond motifs is 3. The summed E-state index contributed by atoms with van der Waals surface area (Å²) >= 11 is 4.48. The van der Waals surface area contributed by atoms with Gasteiger partial charge < -0.3 is 9.52 Å². The minimum atomic E-state index is -0.852. The van der Waals surface area contributed by atoms with Crippen LogP contribution in [0.2, 0.25) is 0 Å². The quantitative estimate of drug-likeness (QED) is 0.574. The van der Waals surface area contributed by atoms with Crippen LogP contribution in [0.1, 0.15) is 37.2 Å². The third-order valence-corrected chi connectivity index (χ3v) is 5.35. The summed E-state index contributed by atoms with van der Waals surface area (Å²) in [6.45, 7) is 0. The molecule has 0 aliphatic heterocycles. The molecule has 1 saturated carbocycles. The van der Waals surface area contributed by atoms with Gasteiger partial charge in [-0.25, -0.2) is 4.39 Å². The highest BCUT2D eigenvalue weighted by atomic mass is 32.1. The summed E-state index contributed by atoms with van der Waals surface area (Å²) in [6, 6.07) is 6.36. The molecule has 2 nitrogen and oxygen atoms in total. The highest BCUT2D eigenvalue weighted by molar-refractivity contribution is 7.80. The molecule has 4 rings (SSSR count). The average Bonchev–Trinajstić information content (AvgIpc) is 2.93. The molecule has 23 heavy (non-hydrogen) atoms. The van der Waals surface area contributed by atoms with Gasteiger partial charge >= 0.3 is 0 Å². The van der Waals surface area contributed by atoms with E-state index in [-0.39, 0.29) is 17.1 Å². The second-order valence-corrected chi connectivity index (χ2v) is 6.96. The third-order valence-electron chi connectivity index (χ3n) is 4.83. The maximum Gasteiger partial charge on any atom is 0.207 e. The van der Waals surface area contributed by atoms with Crippen molar-refractivity contribution in [1.29, 1.82) is 0 Å². The van der Waals surface area contributed by atoms with Crippen LogP contribution in [0.3, 0.4) is 0 Å². The summed E-state index contributed by atoms with van der Waals surface area (Å²) in [5.41, 5.74) is 0.589. The van der Waals surface area contributed by atoms with Gasteiger partial charge in [0, 0.05) is 16.0 Å². The number of thiol groups is 1. The number of hydrogen-bond donors (Lipinski definition) is 2. The molecule has 0 unspecified atom stereocenters. The maximum absolute atomic E-state index is 14.9. The molecule has 2 aromatic carbocycles. The molecule has 0 radical (unpaired) electrons. The van der Waals surface area contributed by atoms with Crippen molar-refractivity contribution in [3.8, 4) is 5.75 Å². The van der Waals surface area contributed by atoms with Crippen molar-refractivity contribution in [2.75, 3.05) is 0 Å². The Labute approximate surface area is 137 Å². The Kier molecular flexibility index (Phi) is 3.48. The van der Waals surface area contributed by atoms with Gasteiger partial charge in [0.25, 0.3) is 0 Å². The fourth-order valence-electron chi connectivity index (χ4n) is 3.54. The van der Waals surface area contributed by atoms with E-state index in [1.165, 1.54) is 6.07 Å². The predicted octanol–water partition coefficient (Wildman–Crippen LogP) is 5.53. The molecule has 1 aromatic heterocycles. The summed E-state index contributed by atoms with van der Waals surface area (Å²) < 4.78 is 34.3. The largest absolute Gasteiger partial charge is 0.505 e. The molecule has 1 aliphatic rings. The number of furan rings is 1. The summed E-state index contributed by atoms with van der Waals surface area (Å²) in [5.74, 6) is -1.62. The van der Waals surface area contributed by atoms with Crippen LogP contribution in [0.25, 0.3) is 21.9 Å². The van der Waals surface area contributed by atoms with E-state index in [2.05, 4.69) is 12.6 Å². The Hall–Kier alpha value is -1.75. The highest BCUT2D eigenvalue weighted by Crippen LogP contribution is 2.40. The van der Waals surface area contributed by atoms with Crippen molar-refractivity contribution in [3.05, 3.63) is 41.5 Å². The number of phenols is 1. The van der Waals surface area contributed by atoms with Gasteiger partial charge in [0.05, 0.1) is 0 Å². The lowest BCUT2D eigenvalue weighted by Gasteiger charge is -2.26. The van der Waals surface area contributed by atoms with Crippen molar-refractivity contribution in [2.24, 2.45) is 0 Å². The van der Waals surface area contributed by atoms with E-state index in [1.54, 1.807) is 18.2 Å². The lowest BCUT2D eigenvalue weighted by atomic mass is 9.83. The lowest BCUT2D eigenvalue weighted by molar-refractivity contribution is 0.428. The van der Waals surface area contributed by atoms with Crippen molar-refractivity contribution in [1.82, 2.24) is 0 Å². The molecular formula is C18H16F2O2S. The third kappa shape index (κ3) is 2.29. The molecule has 120 valence electrons. The van der Waals surface area contributed by atoms with Crippen LogP contribution in [0, 0.1) is 11.6 Å². The number of halogens is 2. The smallest absolute Gasteiger partial charge is 0.207 e. The van der Waals surface area contributed by atoms with Crippen LogP contribution in [-0.4, -0.2) is 10.4 Å². The van der Waals surface area contributed by atoms with Crippen LogP contribution < -0.4 is 0 Å². The molecule has 3 aromatic rings. The molecule has 0 spiro atoms. The molecular weight excluding hydrogens is 318 g/mol. The fraction of sp³-hybridized carbons (Fsp3) is 0.333. The van der Waals surface area contributed by atoms with E-state index >= 15 is 0 Å². The first kappa shape index (κ1) is 14.8. The normalized spacial score (nSPS) is 22.0. The zero-order chi connectivity index (χ0) is 16.1. The minimum Gasteiger partial charge on any atom is -0.505 e. The Balaban J connectivity index is 1.88. The first-order chi connectivity index (χ1) is 11.1. The van der Waals surface area contributed by atoms with E-state index in [0.29, 0.717) is 21.6 Å². The van der Waals surface area contributed by atoms with Crippen LogP contribution >= 0.6 is 12.6 Å². The van der Waals surface area contributed by atoms with Crippen LogP contribution in [0.4, 0.5) is 8.78 Å². The molecule has 0 amide bonds. The van der Waals surface area contributed by atoms with E-state index in [9.17, 15) is 13.9 Å². The van der Waals surface area contributed by atoms with E-state index < -0.39 is 17.4 Å². The van der Waals surface area contributed by atoms with Gasteiger partial charge in [-0.15, -0.1) is 0 Å². The SMILES string of the molecule is Oc1ccc2c(oc3c(F)c(C4CCC(S)CC4)ccc32)c1F. The number of aromatic hydroxyl groups is 1. The first-order valence-corrected chi connectivity index (χ1v) is 8.28. The van der Waals surface area contributed by atoms with Crippen LogP contribution in [0.15, 0.2) is 28.7 Å². The van der Waals surface area contributed by atoms with E-state index in [0.717, 1.165) is 25.7 Å². The van der Waals surface area contributed by atoms with E-state index in [1.807, 2.05) is 0 Å². The molecule has 0 bridgehead atoms. The Morgan fingerprint density at radius 1 is 0.913 bits per heavy atom. The number of phenolic OH excluding ortho intramolecular Hbond substituents is 1. The van der Waals surface area contributed by atoms with E-state index in [4.69, 9.17) is 4.42 Å². The average molecular weight is 334 g/mol. The molecule has 1 fully saturated rings. The van der Waals surface area contributed by atoms with Gasteiger partial charge in [-0.3, -0.25) is 0 Å². The highest BCUT2D eigenvalue weighted by Gasteiger charge is 2.25. The Morgan fingerprint density at radius 2 is 1.52 bits per heavy atom. The number of hydrogen-bond acceptors (Lipinski definition) is 3. The van der Waals surface area contributed by atoms with Gasteiger partial charge in [0.2, 0.25) is 5.82 Å². The zero-order valence-electron chi connectivity index (χ0n) is 12.4. The fourth-order valence-corrected chi connectivity index (χ4v) is 3.84. The van der Waals surface area contributed by atoms with Gasteiger partial charge in [0.1, 0.15) is 0 Å². The summed E-state index contributed by atoms with van der Waals surface area (Å²) in [4.78, 5) is 0. The Morgan fingerprint density at radius 3 is 2.22 bits per heavy atom. The topological polar surface area (TPSA) is 33.4 Å². The monoisotopic (exact) mass is 334 g/mol. The molecule has 1 N–H and O–H groups in total. The molecule has 5 heteroatoms. The summed E-state index contributed by atoms with van der Waals surface area (Å²) in [7, 11) is 0. The maximum atomic E-state index is 14.9. The molecule has 0 atom stereocenters. The molecule has 0 saturated heterocycles. The van der Waals surface area contributed by atoms with Crippen molar-refractivity contribution < 1.29 is 18.3 Å². The second kappa shape index (κ2) is 5.41. The summed E-state index contributed by atoms with van der Waals surface area (Å²) in [5, 5.41) is 10.9. The van der Waals surface area contributed by atoms with Gasteiger partial charge in [-0.05, 0) is 55.4 Å². The summed E-state index contributed by atoms with van der Waals surface area (Å²) in [6.07, 6.45) is 3.72. The van der Waals surface area contributed by atoms with Gasteiger partial charge in [-0.2, -0.15) is 17.0 Å². The van der Waals surface area contributed by atoms with Crippen molar-refractivity contribution in [3.63, 3.8) is 0 Å². The van der Waals surface area contributed by atoms with Crippen LogP contribution in [-0.2, 0) is 0 Å². The first-order valence-electron chi connectivity index (χ1n) is 7.76. The standard InChI is InChI=1S/C18H16F2O2S/c19-15-11(9-1-3-10(23)4-2-9)5-6-12-13-7-8-14(21)16(20)18(13)22-17(12)15/h5-10,21,23H,1-4H2. The predicted molar refractivity (Wildman–Crippen MR) is 89.3 cm³/mol. The van der Waals surface area contributed by atoms with Crippen molar-refractivity contribution in [2.45, 2.75) is 36.9 Å². The molecule has 1 aliphatic carbocycles. The number of benzene rings is 2. The minimum absolute atomic E-state index is 0.0648. The Bertz CT molecular complexity index is 895. The van der Waals surface area contributed by atoms with Crippen molar-refractivity contribution >= 4 is 34.6 Å². The lowest BCUT2D eigenvalue weighted by Crippen LogP contribution is -2.14. The van der Waals surface area contributed by atoms with Crippen LogP contribution in [0.5, 0.6) is 5.75 Å². The second-order valence-electron chi connectivity index (χ2n) is 6.23. The van der Waals surface area contributed by atoms with Gasteiger partial charge in [0.15, 0.2) is 22.7 Å². The molecule has 1 heterocycles.